The summed E-state index contributed by atoms with van der Waals surface area (Å²) in [6, 6.07) is 51.8. The lowest BCUT2D eigenvalue weighted by Crippen LogP contribution is -2.32. The molecule has 1 heteroatoms. The highest BCUT2D eigenvalue weighted by Gasteiger charge is 2.56. The minimum atomic E-state index is 0.159. The van der Waals surface area contributed by atoms with Gasteiger partial charge < -0.3 is 4.90 Å². The Morgan fingerprint density at radius 2 is 1.21 bits per heavy atom. The van der Waals surface area contributed by atoms with Gasteiger partial charge in [-0.05, 0) is 100 Å². The van der Waals surface area contributed by atoms with Crippen LogP contribution in [0.25, 0.3) is 33.0 Å². The van der Waals surface area contributed by atoms with Crippen molar-refractivity contribution in [3.63, 3.8) is 0 Å². The standard InChI is InChI=1S/C41H33N/c1-3-11-29(12-4-1)33-23-24-40(37-17-8-7-15-34(33)37)42(31-13-5-2-6-14-31)32-21-22-36-35-16-9-10-18-38(35)41(39(36)26-32)27-28-19-20-30(41)25-28/h1-18,21-24,26,28,30H,19-20,25,27H2. The maximum absolute atomic E-state index is 2.56. The van der Waals surface area contributed by atoms with E-state index in [2.05, 4.69) is 144 Å². The molecule has 0 N–H and O–H groups in total. The van der Waals surface area contributed by atoms with Crippen molar-refractivity contribution in [2.24, 2.45) is 11.8 Å². The fourth-order valence-corrected chi connectivity index (χ4v) is 8.87. The Balaban J connectivity index is 1.27. The Bertz CT molecular complexity index is 1960. The van der Waals surface area contributed by atoms with Crippen LogP contribution in [-0.2, 0) is 5.41 Å². The highest BCUT2D eigenvalue weighted by atomic mass is 15.1. The van der Waals surface area contributed by atoms with Crippen LogP contribution in [-0.4, -0.2) is 0 Å². The molecule has 0 radical (unpaired) electrons. The normalized spacial score (nSPS) is 21.5. The molecule has 0 amide bonds. The van der Waals surface area contributed by atoms with Crippen molar-refractivity contribution in [2.75, 3.05) is 4.90 Å². The molecule has 2 bridgehead atoms. The zero-order valence-corrected chi connectivity index (χ0v) is 23.7. The van der Waals surface area contributed by atoms with Gasteiger partial charge in [-0.15, -0.1) is 0 Å². The van der Waals surface area contributed by atoms with E-state index in [4.69, 9.17) is 0 Å². The van der Waals surface area contributed by atoms with Gasteiger partial charge in [-0.25, -0.2) is 0 Å². The van der Waals surface area contributed by atoms with Gasteiger partial charge in [-0.2, -0.15) is 0 Å². The lowest BCUT2D eigenvalue weighted by Gasteiger charge is -2.37. The molecular formula is C41H33N. The maximum atomic E-state index is 2.56. The van der Waals surface area contributed by atoms with Crippen molar-refractivity contribution in [3.05, 3.63) is 151 Å². The van der Waals surface area contributed by atoms with E-state index in [1.807, 2.05) is 0 Å². The summed E-state index contributed by atoms with van der Waals surface area (Å²) in [5.41, 5.74) is 12.4. The summed E-state index contributed by atoms with van der Waals surface area (Å²) < 4.78 is 0. The second-order valence-electron chi connectivity index (χ2n) is 12.5. The van der Waals surface area contributed by atoms with E-state index in [-0.39, 0.29) is 5.41 Å². The van der Waals surface area contributed by atoms with E-state index in [1.54, 1.807) is 11.1 Å². The number of anilines is 3. The first kappa shape index (κ1) is 24.0. The molecule has 9 rings (SSSR count). The van der Waals surface area contributed by atoms with Crippen molar-refractivity contribution < 1.29 is 0 Å². The van der Waals surface area contributed by atoms with Gasteiger partial charge in [0, 0.05) is 22.2 Å². The van der Waals surface area contributed by atoms with E-state index >= 15 is 0 Å². The van der Waals surface area contributed by atoms with Gasteiger partial charge in [0.05, 0.1) is 5.69 Å². The number of benzene rings is 6. The highest BCUT2D eigenvalue weighted by molar-refractivity contribution is 6.06. The van der Waals surface area contributed by atoms with Crippen molar-refractivity contribution in [2.45, 2.75) is 31.1 Å². The molecular weight excluding hydrogens is 506 g/mol. The van der Waals surface area contributed by atoms with Gasteiger partial charge in [0.2, 0.25) is 0 Å². The minimum Gasteiger partial charge on any atom is -0.310 e. The smallest absolute Gasteiger partial charge is 0.0540 e. The van der Waals surface area contributed by atoms with Crippen LogP contribution in [0.5, 0.6) is 0 Å². The third-order valence-corrected chi connectivity index (χ3v) is 10.5. The van der Waals surface area contributed by atoms with Crippen LogP contribution in [0.3, 0.4) is 0 Å². The van der Waals surface area contributed by atoms with E-state index in [0.717, 1.165) is 11.8 Å². The molecule has 0 saturated heterocycles. The van der Waals surface area contributed by atoms with Crippen molar-refractivity contribution in [3.8, 4) is 22.3 Å². The van der Waals surface area contributed by atoms with Crippen LogP contribution < -0.4 is 4.90 Å². The zero-order valence-electron chi connectivity index (χ0n) is 23.7. The summed E-state index contributed by atoms with van der Waals surface area (Å²) >= 11 is 0. The molecule has 202 valence electrons. The molecule has 2 saturated carbocycles. The fourth-order valence-electron chi connectivity index (χ4n) is 8.87. The molecule has 3 atom stereocenters. The molecule has 3 aliphatic rings. The van der Waals surface area contributed by atoms with Crippen LogP contribution in [0.1, 0.15) is 36.8 Å². The monoisotopic (exact) mass is 539 g/mol. The first-order valence-electron chi connectivity index (χ1n) is 15.5. The summed E-state index contributed by atoms with van der Waals surface area (Å²) in [5.74, 6) is 1.61. The first-order chi connectivity index (χ1) is 20.8. The lowest BCUT2D eigenvalue weighted by atomic mass is 9.67. The van der Waals surface area contributed by atoms with E-state index in [0.29, 0.717) is 0 Å². The van der Waals surface area contributed by atoms with Gasteiger partial charge in [0.1, 0.15) is 0 Å². The quantitative estimate of drug-likeness (QED) is 0.215. The summed E-state index contributed by atoms with van der Waals surface area (Å²) in [7, 11) is 0. The maximum Gasteiger partial charge on any atom is 0.0540 e. The van der Waals surface area contributed by atoms with Crippen LogP contribution >= 0.6 is 0 Å². The van der Waals surface area contributed by atoms with E-state index in [1.165, 1.54) is 75.8 Å². The molecule has 6 aromatic carbocycles. The Kier molecular flexibility index (Phi) is 5.26. The third-order valence-electron chi connectivity index (χ3n) is 10.5. The number of para-hydroxylation sites is 1. The molecule has 3 unspecified atom stereocenters. The topological polar surface area (TPSA) is 3.24 Å². The third kappa shape index (κ3) is 3.37. The largest absolute Gasteiger partial charge is 0.310 e. The Labute approximate surface area is 248 Å². The van der Waals surface area contributed by atoms with Gasteiger partial charge in [-0.1, -0.05) is 116 Å². The summed E-state index contributed by atoms with van der Waals surface area (Å²) in [6.07, 6.45) is 5.44. The molecule has 3 aliphatic carbocycles. The molecule has 0 heterocycles. The van der Waals surface area contributed by atoms with E-state index < -0.39 is 0 Å². The minimum absolute atomic E-state index is 0.159. The molecule has 0 aromatic heterocycles. The number of nitrogens with zero attached hydrogens (tertiary/aromatic N) is 1. The van der Waals surface area contributed by atoms with Gasteiger partial charge in [0.15, 0.2) is 0 Å². The summed E-state index contributed by atoms with van der Waals surface area (Å²) in [6.45, 7) is 0. The Morgan fingerprint density at radius 1 is 0.524 bits per heavy atom. The predicted octanol–water partition coefficient (Wildman–Crippen LogP) is 11.1. The zero-order chi connectivity index (χ0) is 27.7. The van der Waals surface area contributed by atoms with Crippen LogP contribution in [0, 0.1) is 11.8 Å². The van der Waals surface area contributed by atoms with Crippen LogP contribution in [0.4, 0.5) is 17.1 Å². The number of rotatable bonds is 4. The van der Waals surface area contributed by atoms with Gasteiger partial charge in [0.25, 0.3) is 0 Å². The SMILES string of the molecule is c1ccc(-c2ccc(N(c3ccccc3)c3ccc4c(c3)C3(CC5CCC3C5)c3ccccc3-4)c3ccccc23)cc1. The fraction of sp³-hybridized carbons (Fsp3) is 0.171. The Hall–Kier alpha value is -4.62. The molecule has 2 fully saturated rings. The number of hydrogen-bond acceptors (Lipinski definition) is 1. The molecule has 1 spiro atoms. The van der Waals surface area contributed by atoms with Gasteiger partial charge in [-0.3, -0.25) is 0 Å². The van der Waals surface area contributed by atoms with Gasteiger partial charge >= 0.3 is 0 Å². The number of hydrogen-bond donors (Lipinski definition) is 0. The molecule has 42 heavy (non-hydrogen) atoms. The lowest BCUT2D eigenvalue weighted by molar-refractivity contribution is 0.327. The highest BCUT2D eigenvalue weighted by Crippen LogP contribution is 2.66. The first-order valence-corrected chi connectivity index (χ1v) is 15.5. The van der Waals surface area contributed by atoms with Crippen molar-refractivity contribution in [1.29, 1.82) is 0 Å². The number of fused-ring (bicyclic) bond motifs is 9. The van der Waals surface area contributed by atoms with Crippen molar-refractivity contribution >= 4 is 27.8 Å². The second kappa shape index (κ2) is 9.19. The Morgan fingerprint density at radius 3 is 2.00 bits per heavy atom. The molecule has 0 aliphatic heterocycles. The summed E-state index contributed by atoms with van der Waals surface area (Å²) in [5, 5.41) is 2.54. The van der Waals surface area contributed by atoms with E-state index in [9.17, 15) is 0 Å². The molecule has 6 aromatic rings. The second-order valence-corrected chi connectivity index (χ2v) is 12.5. The molecule has 1 nitrogen and oxygen atoms in total. The summed E-state index contributed by atoms with van der Waals surface area (Å²) in [4.78, 5) is 2.49. The van der Waals surface area contributed by atoms with Crippen LogP contribution in [0.2, 0.25) is 0 Å². The van der Waals surface area contributed by atoms with Crippen LogP contribution in [0.15, 0.2) is 140 Å². The predicted molar refractivity (Wildman–Crippen MR) is 176 cm³/mol. The average Bonchev–Trinajstić information content (AvgIpc) is 3.75. The average molecular weight is 540 g/mol. The van der Waals surface area contributed by atoms with Crippen molar-refractivity contribution in [1.82, 2.24) is 0 Å².